The van der Waals surface area contributed by atoms with Crippen molar-refractivity contribution < 1.29 is 37.0 Å². The number of carbonyl (C=O) groups is 3. The van der Waals surface area contributed by atoms with Crippen LogP contribution in [0.2, 0.25) is 0 Å². The van der Waals surface area contributed by atoms with Crippen LogP contribution in [0, 0.1) is 0 Å². The summed E-state index contributed by atoms with van der Waals surface area (Å²) in [6.45, 7) is 1.96. The summed E-state index contributed by atoms with van der Waals surface area (Å²) in [6, 6.07) is 4.27. The number of aromatic nitrogens is 3. The topological polar surface area (TPSA) is 112 Å². The molecule has 0 saturated carbocycles. The summed E-state index contributed by atoms with van der Waals surface area (Å²) >= 11 is 0. The van der Waals surface area contributed by atoms with E-state index in [4.69, 9.17) is 9.47 Å². The molecule has 1 amide bonds. The number of ether oxygens (including phenoxy) is 2. The van der Waals surface area contributed by atoms with Crippen molar-refractivity contribution in [2.45, 2.75) is 25.9 Å². The largest absolute Gasteiger partial charge is 0.466 e. The second-order valence-corrected chi connectivity index (χ2v) is 6.76. The maximum atomic E-state index is 12.9. The zero-order valence-electron chi connectivity index (χ0n) is 17.6. The van der Waals surface area contributed by atoms with Crippen molar-refractivity contribution >= 4 is 29.2 Å². The number of rotatable bonds is 7. The van der Waals surface area contributed by atoms with Crippen LogP contribution in [0.25, 0.3) is 5.65 Å². The molecule has 3 rings (SSSR count). The summed E-state index contributed by atoms with van der Waals surface area (Å²) in [6.07, 6.45) is -1.37. The molecule has 3 heterocycles. The van der Waals surface area contributed by atoms with E-state index in [1.54, 1.807) is 13.1 Å². The van der Waals surface area contributed by atoms with Gasteiger partial charge < -0.3 is 19.2 Å². The summed E-state index contributed by atoms with van der Waals surface area (Å²) in [5, 5.41) is 2.40. The van der Waals surface area contributed by atoms with Crippen LogP contribution in [0.15, 0.2) is 36.7 Å². The zero-order chi connectivity index (χ0) is 24.2. The van der Waals surface area contributed by atoms with E-state index in [0.717, 1.165) is 25.3 Å². The quantitative estimate of drug-likeness (QED) is 0.534. The van der Waals surface area contributed by atoms with Gasteiger partial charge in [0.15, 0.2) is 0 Å². The SMILES string of the molecule is CCOC(=O)CCc1cn2cc(NC(=O)c3cccc(C(F)(F)F)n3)c(C(=O)OC)cc2n1. The van der Waals surface area contributed by atoms with Gasteiger partial charge in [0.1, 0.15) is 17.0 Å². The molecule has 0 aliphatic rings. The lowest BCUT2D eigenvalue weighted by Gasteiger charge is -2.11. The van der Waals surface area contributed by atoms with E-state index < -0.39 is 29.4 Å². The van der Waals surface area contributed by atoms with E-state index in [1.807, 2.05) is 0 Å². The van der Waals surface area contributed by atoms with Crippen molar-refractivity contribution in [1.29, 1.82) is 0 Å². The van der Waals surface area contributed by atoms with Crippen molar-refractivity contribution in [1.82, 2.24) is 14.4 Å². The lowest BCUT2D eigenvalue weighted by molar-refractivity contribution is -0.143. The number of alkyl halides is 3. The first-order chi connectivity index (χ1) is 15.6. The highest BCUT2D eigenvalue weighted by Gasteiger charge is 2.33. The van der Waals surface area contributed by atoms with Crippen molar-refractivity contribution in [3.63, 3.8) is 0 Å². The molecule has 0 aliphatic heterocycles. The first-order valence-corrected chi connectivity index (χ1v) is 9.73. The third-order valence-corrected chi connectivity index (χ3v) is 4.46. The molecule has 1 N–H and O–H groups in total. The third-order valence-electron chi connectivity index (χ3n) is 4.46. The normalized spacial score (nSPS) is 11.3. The maximum Gasteiger partial charge on any atom is 0.433 e. The Bertz CT molecular complexity index is 1210. The van der Waals surface area contributed by atoms with E-state index >= 15 is 0 Å². The average molecular weight is 464 g/mol. The number of carbonyl (C=O) groups excluding carboxylic acids is 3. The smallest absolute Gasteiger partial charge is 0.433 e. The molecule has 0 spiro atoms. The minimum absolute atomic E-state index is 0.0205. The molecule has 174 valence electrons. The summed E-state index contributed by atoms with van der Waals surface area (Å²) in [5.41, 5.74) is -0.923. The number of hydrogen-bond acceptors (Lipinski definition) is 7. The van der Waals surface area contributed by atoms with Gasteiger partial charge in [-0.05, 0) is 25.1 Å². The minimum atomic E-state index is -4.72. The second kappa shape index (κ2) is 9.67. The number of aryl methyl sites for hydroxylation is 1. The van der Waals surface area contributed by atoms with Crippen LogP contribution in [0.3, 0.4) is 0 Å². The van der Waals surface area contributed by atoms with E-state index in [9.17, 15) is 27.6 Å². The molecule has 0 aliphatic carbocycles. The molecule has 0 aromatic carbocycles. The molecule has 0 unspecified atom stereocenters. The molecule has 0 bridgehead atoms. The fraction of sp³-hybridized carbons (Fsp3) is 0.286. The van der Waals surface area contributed by atoms with E-state index in [-0.39, 0.29) is 36.7 Å². The van der Waals surface area contributed by atoms with Crippen LogP contribution in [-0.4, -0.2) is 45.9 Å². The number of amides is 1. The molecule has 0 atom stereocenters. The molecular weight excluding hydrogens is 445 g/mol. The molecule has 12 heteroatoms. The predicted molar refractivity (Wildman–Crippen MR) is 109 cm³/mol. The minimum Gasteiger partial charge on any atom is -0.466 e. The van der Waals surface area contributed by atoms with Gasteiger partial charge in [0, 0.05) is 18.8 Å². The fourth-order valence-electron chi connectivity index (χ4n) is 2.95. The van der Waals surface area contributed by atoms with Gasteiger partial charge in [-0.25, -0.2) is 14.8 Å². The van der Waals surface area contributed by atoms with Gasteiger partial charge in [-0.1, -0.05) is 6.07 Å². The fourth-order valence-corrected chi connectivity index (χ4v) is 2.95. The Labute approximate surface area is 185 Å². The highest BCUT2D eigenvalue weighted by molar-refractivity contribution is 6.07. The number of hydrogen-bond donors (Lipinski definition) is 1. The van der Waals surface area contributed by atoms with Crippen molar-refractivity contribution in [3.05, 3.63) is 59.3 Å². The Morgan fingerprint density at radius 2 is 1.91 bits per heavy atom. The molecule has 33 heavy (non-hydrogen) atoms. The Morgan fingerprint density at radius 3 is 2.58 bits per heavy atom. The Hall–Kier alpha value is -3.96. The van der Waals surface area contributed by atoms with Gasteiger partial charge in [-0.15, -0.1) is 0 Å². The third kappa shape index (κ3) is 5.64. The van der Waals surface area contributed by atoms with Crippen molar-refractivity contribution in [2.24, 2.45) is 0 Å². The number of nitrogens with one attached hydrogen (secondary N) is 1. The van der Waals surface area contributed by atoms with Gasteiger partial charge in [0.2, 0.25) is 0 Å². The number of nitrogens with zero attached hydrogens (tertiary/aromatic N) is 3. The molecule has 0 radical (unpaired) electrons. The first-order valence-electron chi connectivity index (χ1n) is 9.73. The predicted octanol–water partition coefficient (Wildman–Crippen LogP) is 3.28. The molecule has 3 aromatic rings. The number of anilines is 1. The summed E-state index contributed by atoms with van der Waals surface area (Å²) in [7, 11) is 1.14. The Balaban J connectivity index is 1.91. The van der Waals surface area contributed by atoms with Crippen LogP contribution >= 0.6 is 0 Å². The number of pyridine rings is 2. The Kier molecular flexibility index (Phi) is 6.95. The number of fused-ring (bicyclic) bond motifs is 1. The highest BCUT2D eigenvalue weighted by atomic mass is 19.4. The number of esters is 2. The van der Waals surface area contributed by atoms with Crippen LogP contribution in [-0.2, 0) is 26.9 Å². The van der Waals surface area contributed by atoms with Crippen molar-refractivity contribution in [3.8, 4) is 0 Å². The molecule has 0 saturated heterocycles. The van der Waals surface area contributed by atoms with Gasteiger partial charge in [0.25, 0.3) is 5.91 Å². The number of halogens is 3. The second-order valence-electron chi connectivity index (χ2n) is 6.76. The zero-order valence-corrected chi connectivity index (χ0v) is 17.6. The lowest BCUT2D eigenvalue weighted by Crippen LogP contribution is -2.19. The monoisotopic (exact) mass is 464 g/mol. The van der Waals surface area contributed by atoms with Gasteiger partial charge in [-0.3, -0.25) is 9.59 Å². The van der Waals surface area contributed by atoms with Crippen LogP contribution in [0.4, 0.5) is 18.9 Å². The van der Waals surface area contributed by atoms with Gasteiger partial charge in [0.05, 0.1) is 37.1 Å². The number of imidazole rings is 1. The van der Waals surface area contributed by atoms with E-state index in [1.165, 1.54) is 16.7 Å². The van der Waals surface area contributed by atoms with Gasteiger partial charge >= 0.3 is 18.1 Å². The van der Waals surface area contributed by atoms with E-state index in [2.05, 4.69) is 15.3 Å². The van der Waals surface area contributed by atoms with Crippen LogP contribution < -0.4 is 5.32 Å². The highest BCUT2D eigenvalue weighted by Crippen LogP contribution is 2.27. The standard InChI is InChI=1S/C21H19F3N4O5/c1-3-33-18(29)8-7-12-10-28-11-15(13(20(31)32-2)9-17(28)25-12)27-19(30)14-5-4-6-16(26-14)21(22,23)24/h4-6,9-11H,3,7-8H2,1-2H3,(H,27,30). The van der Waals surface area contributed by atoms with Gasteiger partial charge in [-0.2, -0.15) is 13.2 Å². The van der Waals surface area contributed by atoms with E-state index in [0.29, 0.717) is 11.3 Å². The summed E-state index contributed by atoms with van der Waals surface area (Å²) < 4.78 is 49.9. The summed E-state index contributed by atoms with van der Waals surface area (Å²) in [5.74, 6) is -2.12. The number of methoxy groups -OCH3 is 1. The molecule has 0 fully saturated rings. The molecule has 3 aromatic heterocycles. The molecular formula is C21H19F3N4O5. The van der Waals surface area contributed by atoms with Crippen LogP contribution in [0.1, 0.15) is 45.6 Å². The summed E-state index contributed by atoms with van der Waals surface area (Å²) in [4.78, 5) is 44.1. The molecule has 9 nitrogen and oxygen atoms in total. The Morgan fingerprint density at radius 1 is 1.15 bits per heavy atom. The lowest BCUT2D eigenvalue weighted by atomic mass is 10.2. The first kappa shape index (κ1) is 23.7. The van der Waals surface area contributed by atoms with Crippen LogP contribution in [0.5, 0.6) is 0 Å². The van der Waals surface area contributed by atoms with Crippen molar-refractivity contribution in [2.75, 3.05) is 19.0 Å². The maximum absolute atomic E-state index is 12.9. The average Bonchev–Trinajstić information content (AvgIpc) is 3.18.